The molecule has 0 amide bonds. The van der Waals surface area contributed by atoms with Crippen molar-refractivity contribution in [2.75, 3.05) is 6.61 Å². The molecular weight excluding hydrogens is 303 g/mol. The standard InChI is InChI=1S/C10H7BrCl2O2/c1-6(11)5-15-10-7(4-14)2-8(12)3-9(10)13/h2-4H,1,5H2. The lowest BCUT2D eigenvalue weighted by Gasteiger charge is -2.09. The van der Waals surface area contributed by atoms with E-state index in [-0.39, 0.29) is 6.61 Å². The predicted octanol–water partition coefficient (Wildman–Crippen LogP) is 4.09. The Bertz CT molecular complexity index is 405. The van der Waals surface area contributed by atoms with E-state index in [0.717, 1.165) is 0 Å². The highest BCUT2D eigenvalue weighted by Crippen LogP contribution is 2.31. The lowest BCUT2D eigenvalue weighted by atomic mass is 10.2. The zero-order valence-corrected chi connectivity index (χ0v) is 10.7. The highest BCUT2D eigenvalue weighted by atomic mass is 79.9. The lowest BCUT2D eigenvalue weighted by molar-refractivity contribution is 0.112. The maximum Gasteiger partial charge on any atom is 0.153 e. The van der Waals surface area contributed by atoms with Gasteiger partial charge in [0.25, 0.3) is 0 Å². The van der Waals surface area contributed by atoms with Gasteiger partial charge in [-0.05, 0) is 12.1 Å². The van der Waals surface area contributed by atoms with Gasteiger partial charge in [-0.3, -0.25) is 4.79 Å². The number of benzene rings is 1. The van der Waals surface area contributed by atoms with Crippen LogP contribution >= 0.6 is 39.1 Å². The molecule has 0 unspecified atom stereocenters. The molecule has 1 rings (SSSR count). The number of rotatable bonds is 4. The van der Waals surface area contributed by atoms with E-state index in [1.807, 2.05) is 0 Å². The van der Waals surface area contributed by atoms with Crippen LogP contribution in [0.4, 0.5) is 0 Å². The normalized spacial score (nSPS) is 9.80. The van der Waals surface area contributed by atoms with Gasteiger partial charge in [0.2, 0.25) is 0 Å². The van der Waals surface area contributed by atoms with Crippen LogP contribution in [0.2, 0.25) is 10.0 Å². The van der Waals surface area contributed by atoms with Gasteiger partial charge < -0.3 is 4.74 Å². The molecule has 0 atom stereocenters. The number of carbonyl (C=O) groups excluding carboxylic acids is 1. The molecule has 0 saturated heterocycles. The Labute approximate surface area is 106 Å². The number of carbonyl (C=O) groups is 1. The van der Waals surface area contributed by atoms with E-state index in [2.05, 4.69) is 22.5 Å². The number of hydrogen-bond donors (Lipinski definition) is 0. The monoisotopic (exact) mass is 308 g/mol. The number of hydrogen-bond acceptors (Lipinski definition) is 2. The van der Waals surface area contributed by atoms with Crippen LogP contribution in [0, 0.1) is 0 Å². The quantitative estimate of drug-likeness (QED) is 0.783. The minimum atomic E-state index is 0.238. The third kappa shape index (κ3) is 3.52. The highest BCUT2D eigenvalue weighted by molar-refractivity contribution is 9.11. The summed E-state index contributed by atoms with van der Waals surface area (Å²) in [6.45, 7) is 3.85. The maximum absolute atomic E-state index is 10.7. The van der Waals surface area contributed by atoms with Crippen molar-refractivity contribution in [2.24, 2.45) is 0 Å². The zero-order valence-electron chi connectivity index (χ0n) is 7.60. The van der Waals surface area contributed by atoms with Crippen LogP contribution < -0.4 is 4.74 Å². The number of aldehydes is 1. The number of ether oxygens (including phenoxy) is 1. The van der Waals surface area contributed by atoms with Crippen molar-refractivity contribution in [3.05, 3.63) is 38.8 Å². The Hall–Kier alpha value is -0.510. The molecule has 0 spiro atoms. The summed E-state index contributed by atoms with van der Waals surface area (Å²) in [4.78, 5) is 10.7. The Balaban J connectivity index is 3.04. The van der Waals surface area contributed by atoms with Crippen molar-refractivity contribution in [1.82, 2.24) is 0 Å². The van der Waals surface area contributed by atoms with Gasteiger partial charge in [-0.1, -0.05) is 45.7 Å². The third-order valence-corrected chi connectivity index (χ3v) is 2.27. The SMILES string of the molecule is C=C(Br)COc1c(Cl)cc(Cl)cc1C=O. The molecule has 15 heavy (non-hydrogen) atoms. The molecule has 0 heterocycles. The second-order valence-electron chi connectivity index (χ2n) is 2.73. The highest BCUT2D eigenvalue weighted by Gasteiger charge is 2.10. The average molecular weight is 310 g/mol. The minimum Gasteiger partial charge on any atom is -0.486 e. The van der Waals surface area contributed by atoms with Gasteiger partial charge in [0.15, 0.2) is 6.29 Å². The zero-order chi connectivity index (χ0) is 11.4. The Kier molecular flexibility index (Phi) is 4.64. The fraction of sp³-hybridized carbons (Fsp3) is 0.100. The van der Waals surface area contributed by atoms with E-state index in [0.29, 0.717) is 32.1 Å². The predicted molar refractivity (Wildman–Crippen MR) is 65.4 cm³/mol. The minimum absolute atomic E-state index is 0.238. The molecule has 0 aliphatic heterocycles. The lowest BCUT2D eigenvalue weighted by Crippen LogP contribution is -2.00. The number of halogens is 3. The first-order chi connectivity index (χ1) is 7.04. The first kappa shape index (κ1) is 12.6. The van der Waals surface area contributed by atoms with Crippen molar-refractivity contribution in [2.45, 2.75) is 0 Å². The molecule has 0 bridgehead atoms. The second kappa shape index (κ2) is 5.54. The summed E-state index contributed by atoms with van der Waals surface area (Å²) in [6, 6.07) is 3.01. The van der Waals surface area contributed by atoms with Crippen LogP contribution in [0.3, 0.4) is 0 Å². The van der Waals surface area contributed by atoms with E-state index in [1.54, 1.807) is 0 Å². The van der Waals surface area contributed by atoms with E-state index in [9.17, 15) is 4.79 Å². The molecule has 0 fully saturated rings. The summed E-state index contributed by atoms with van der Waals surface area (Å²) in [6.07, 6.45) is 0.643. The summed E-state index contributed by atoms with van der Waals surface area (Å²) >= 11 is 14.8. The van der Waals surface area contributed by atoms with E-state index >= 15 is 0 Å². The summed E-state index contributed by atoms with van der Waals surface area (Å²) in [5.41, 5.74) is 0.321. The van der Waals surface area contributed by atoms with Gasteiger partial charge in [0.1, 0.15) is 12.4 Å². The fourth-order valence-electron chi connectivity index (χ4n) is 0.971. The van der Waals surface area contributed by atoms with Crippen molar-refractivity contribution in [1.29, 1.82) is 0 Å². The largest absolute Gasteiger partial charge is 0.486 e. The Morgan fingerprint density at radius 1 is 1.53 bits per heavy atom. The van der Waals surface area contributed by atoms with E-state index in [4.69, 9.17) is 27.9 Å². The van der Waals surface area contributed by atoms with Crippen molar-refractivity contribution in [3.8, 4) is 5.75 Å². The molecular formula is C10H7BrCl2O2. The molecule has 0 radical (unpaired) electrons. The first-order valence-corrected chi connectivity index (χ1v) is 5.49. The summed E-state index contributed by atoms with van der Waals surface area (Å²) < 4.78 is 5.96. The third-order valence-electron chi connectivity index (χ3n) is 1.54. The molecule has 0 aliphatic carbocycles. The summed E-state index contributed by atoms with van der Waals surface area (Å²) in [7, 11) is 0. The van der Waals surface area contributed by atoms with Gasteiger partial charge in [-0.25, -0.2) is 0 Å². The summed E-state index contributed by atoms with van der Waals surface area (Å²) in [5, 5.41) is 0.700. The first-order valence-electron chi connectivity index (χ1n) is 3.95. The van der Waals surface area contributed by atoms with Gasteiger partial charge >= 0.3 is 0 Å². The van der Waals surface area contributed by atoms with Crippen LogP contribution in [-0.4, -0.2) is 12.9 Å². The molecule has 2 nitrogen and oxygen atoms in total. The topological polar surface area (TPSA) is 26.3 Å². The molecule has 1 aromatic carbocycles. The fourth-order valence-corrected chi connectivity index (χ4v) is 1.65. The molecule has 80 valence electrons. The van der Waals surface area contributed by atoms with Gasteiger partial charge in [0.05, 0.1) is 10.6 Å². The van der Waals surface area contributed by atoms with Crippen LogP contribution in [0.1, 0.15) is 10.4 Å². The van der Waals surface area contributed by atoms with Crippen LogP contribution in [0.15, 0.2) is 23.2 Å². The van der Waals surface area contributed by atoms with Gasteiger partial charge in [0, 0.05) is 9.51 Å². The molecule has 0 N–H and O–H groups in total. The average Bonchev–Trinajstić information content (AvgIpc) is 2.14. The Morgan fingerprint density at radius 2 is 2.20 bits per heavy atom. The molecule has 0 aliphatic rings. The smallest absolute Gasteiger partial charge is 0.153 e. The molecule has 0 aromatic heterocycles. The Morgan fingerprint density at radius 3 is 2.73 bits per heavy atom. The van der Waals surface area contributed by atoms with Gasteiger partial charge in [-0.15, -0.1) is 0 Å². The van der Waals surface area contributed by atoms with E-state index < -0.39 is 0 Å². The van der Waals surface area contributed by atoms with Crippen molar-refractivity contribution < 1.29 is 9.53 Å². The summed E-state index contributed by atoms with van der Waals surface area (Å²) in [5.74, 6) is 0.316. The van der Waals surface area contributed by atoms with Crippen molar-refractivity contribution in [3.63, 3.8) is 0 Å². The van der Waals surface area contributed by atoms with Gasteiger partial charge in [-0.2, -0.15) is 0 Å². The van der Waals surface area contributed by atoms with Crippen molar-refractivity contribution >= 4 is 45.4 Å². The second-order valence-corrected chi connectivity index (χ2v) is 4.69. The molecule has 1 aromatic rings. The van der Waals surface area contributed by atoms with Crippen LogP contribution in [0.5, 0.6) is 5.75 Å². The van der Waals surface area contributed by atoms with Crippen LogP contribution in [-0.2, 0) is 0 Å². The molecule has 5 heteroatoms. The molecule has 0 saturated carbocycles. The van der Waals surface area contributed by atoms with E-state index in [1.165, 1.54) is 12.1 Å². The van der Waals surface area contributed by atoms with Crippen LogP contribution in [0.25, 0.3) is 0 Å². The maximum atomic E-state index is 10.7.